The van der Waals surface area contributed by atoms with Gasteiger partial charge in [-0.05, 0) is 31.0 Å². The van der Waals surface area contributed by atoms with E-state index < -0.39 is 11.9 Å². The smallest absolute Gasteiger partial charge is 0.251 e. The quantitative estimate of drug-likeness (QED) is 0.564. The minimum absolute atomic E-state index is 0.0472. The first-order valence-corrected chi connectivity index (χ1v) is 6.62. The van der Waals surface area contributed by atoms with Crippen LogP contribution in [0.25, 0.3) is 0 Å². The Morgan fingerprint density at radius 2 is 2.05 bits per heavy atom. The van der Waals surface area contributed by atoms with Crippen molar-refractivity contribution in [3.05, 3.63) is 29.6 Å². The second kappa shape index (κ2) is 6.02. The van der Waals surface area contributed by atoms with E-state index >= 15 is 0 Å². The van der Waals surface area contributed by atoms with Crippen molar-refractivity contribution in [2.24, 2.45) is 0 Å². The molecule has 1 fully saturated rings. The molecule has 0 heterocycles. The molecule has 1 aliphatic carbocycles. The average Bonchev–Trinajstić information content (AvgIpc) is 2.58. The molecule has 1 amide bonds. The molecule has 0 spiro atoms. The Kier molecular flexibility index (Phi) is 4.37. The molecule has 1 aliphatic rings. The number of carbonyl (C=O) groups excluding carboxylic acids is 1. The molecule has 19 heavy (non-hydrogen) atoms. The molecule has 0 saturated heterocycles. The van der Waals surface area contributed by atoms with Gasteiger partial charge in [0.05, 0.1) is 17.8 Å². The zero-order valence-electron chi connectivity index (χ0n) is 10.7. The van der Waals surface area contributed by atoms with Crippen LogP contribution in [0.3, 0.4) is 0 Å². The van der Waals surface area contributed by atoms with E-state index in [1.54, 1.807) is 0 Å². The van der Waals surface area contributed by atoms with E-state index in [1.807, 2.05) is 0 Å². The second-order valence-corrected chi connectivity index (χ2v) is 5.02. The summed E-state index contributed by atoms with van der Waals surface area (Å²) in [6.07, 6.45) is 4.02. The first-order chi connectivity index (χ1) is 9.08. The van der Waals surface area contributed by atoms with Gasteiger partial charge in [-0.25, -0.2) is 4.39 Å². The Balaban J connectivity index is 2.05. The van der Waals surface area contributed by atoms with Gasteiger partial charge < -0.3 is 16.2 Å². The van der Waals surface area contributed by atoms with Crippen LogP contribution in [0.5, 0.6) is 0 Å². The summed E-state index contributed by atoms with van der Waals surface area (Å²) in [6, 6.07) is 3.65. The third-order valence-electron chi connectivity index (χ3n) is 3.55. The third kappa shape index (κ3) is 3.44. The first kappa shape index (κ1) is 13.8. The van der Waals surface area contributed by atoms with Crippen LogP contribution in [0.4, 0.5) is 10.1 Å². The van der Waals surface area contributed by atoms with Crippen LogP contribution < -0.4 is 11.1 Å². The standard InChI is InChI=1S/C14H19FN2O2/c15-10-7-6-9(8-11(10)16)14(19)17-12-4-2-1-3-5-13(12)18/h6-8,12-13,18H,1-5,16H2,(H,17,19). The molecule has 1 aromatic carbocycles. The highest BCUT2D eigenvalue weighted by atomic mass is 19.1. The first-order valence-electron chi connectivity index (χ1n) is 6.62. The monoisotopic (exact) mass is 266 g/mol. The van der Waals surface area contributed by atoms with Crippen LogP contribution in [-0.2, 0) is 0 Å². The largest absolute Gasteiger partial charge is 0.396 e. The van der Waals surface area contributed by atoms with Gasteiger partial charge >= 0.3 is 0 Å². The summed E-state index contributed by atoms with van der Waals surface area (Å²) in [7, 11) is 0. The summed E-state index contributed by atoms with van der Waals surface area (Å²) in [5.41, 5.74) is 5.71. The van der Waals surface area contributed by atoms with Crippen molar-refractivity contribution in [1.82, 2.24) is 5.32 Å². The molecule has 1 aromatic rings. The molecule has 1 saturated carbocycles. The van der Waals surface area contributed by atoms with Crippen molar-refractivity contribution < 1.29 is 14.3 Å². The Morgan fingerprint density at radius 1 is 1.32 bits per heavy atom. The van der Waals surface area contributed by atoms with Gasteiger partial charge in [-0.3, -0.25) is 4.79 Å². The topological polar surface area (TPSA) is 75.4 Å². The Morgan fingerprint density at radius 3 is 2.79 bits per heavy atom. The summed E-state index contributed by atoms with van der Waals surface area (Å²) in [5.74, 6) is -0.858. The van der Waals surface area contributed by atoms with Crippen LogP contribution in [0.2, 0.25) is 0 Å². The molecule has 2 atom stereocenters. The minimum atomic E-state index is -0.536. The summed E-state index contributed by atoms with van der Waals surface area (Å²) in [6.45, 7) is 0. The van der Waals surface area contributed by atoms with Gasteiger partial charge in [-0.15, -0.1) is 0 Å². The summed E-state index contributed by atoms with van der Waals surface area (Å²) in [4.78, 5) is 12.0. The van der Waals surface area contributed by atoms with Gasteiger partial charge in [-0.1, -0.05) is 19.3 Å². The number of rotatable bonds is 2. The number of amides is 1. The van der Waals surface area contributed by atoms with Crippen LogP contribution in [0.15, 0.2) is 18.2 Å². The highest BCUT2D eigenvalue weighted by Gasteiger charge is 2.23. The fourth-order valence-corrected chi connectivity index (χ4v) is 2.39. The fraction of sp³-hybridized carbons (Fsp3) is 0.500. The van der Waals surface area contributed by atoms with Gasteiger partial charge in [0.2, 0.25) is 0 Å². The van der Waals surface area contributed by atoms with Crippen molar-refractivity contribution in [3.63, 3.8) is 0 Å². The van der Waals surface area contributed by atoms with Crippen LogP contribution in [0, 0.1) is 5.82 Å². The maximum Gasteiger partial charge on any atom is 0.251 e. The van der Waals surface area contributed by atoms with Crippen molar-refractivity contribution in [3.8, 4) is 0 Å². The van der Waals surface area contributed by atoms with Crippen molar-refractivity contribution >= 4 is 11.6 Å². The molecule has 0 radical (unpaired) electrons. The number of nitrogens with one attached hydrogen (secondary N) is 1. The molecule has 2 unspecified atom stereocenters. The number of halogens is 1. The molecule has 0 aliphatic heterocycles. The van der Waals surface area contributed by atoms with Crippen molar-refractivity contribution in [1.29, 1.82) is 0 Å². The fourth-order valence-electron chi connectivity index (χ4n) is 2.39. The highest BCUT2D eigenvalue weighted by Crippen LogP contribution is 2.19. The SMILES string of the molecule is Nc1cc(C(=O)NC2CCCCCC2O)ccc1F. The van der Waals surface area contributed by atoms with E-state index in [4.69, 9.17) is 5.73 Å². The molecular weight excluding hydrogens is 247 g/mol. The lowest BCUT2D eigenvalue weighted by molar-refractivity contribution is 0.0819. The molecule has 2 rings (SSSR count). The second-order valence-electron chi connectivity index (χ2n) is 5.02. The Bertz CT molecular complexity index is 465. The lowest BCUT2D eigenvalue weighted by Crippen LogP contribution is -2.42. The van der Waals surface area contributed by atoms with E-state index in [9.17, 15) is 14.3 Å². The lowest BCUT2D eigenvalue weighted by atomic mass is 10.1. The van der Waals surface area contributed by atoms with Gasteiger partial charge in [0.25, 0.3) is 5.91 Å². The van der Waals surface area contributed by atoms with Gasteiger partial charge in [0.15, 0.2) is 0 Å². The van der Waals surface area contributed by atoms with E-state index in [1.165, 1.54) is 18.2 Å². The number of hydrogen-bond acceptors (Lipinski definition) is 3. The maximum absolute atomic E-state index is 13.0. The number of nitrogens with two attached hydrogens (primary N) is 1. The molecule has 4 N–H and O–H groups in total. The zero-order valence-corrected chi connectivity index (χ0v) is 10.7. The highest BCUT2D eigenvalue weighted by molar-refractivity contribution is 5.95. The molecule has 104 valence electrons. The van der Waals surface area contributed by atoms with Gasteiger partial charge in [0, 0.05) is 5.56 Å². The number of anilines is 1. The van der Waals surface area contributed by atoms with Crippen molar-refractivity contribution in [2.45, 2.75) is 44.2 Å². The summed E-state index contributed by atoms with van der Waals surface area (Å²) >= 11 is 0. The Hall–Kier alpha value is -1.62. The normalized spacial score (nSPS) is 23.7. The molecule has 0 bridgehead atoms. The summed E-state index contributed by atoms with van der Waals surface area (Å²) < 4.78 is 13.0. The number of nitrogen functional groups attached to an aromatic ring is 1. The molecule has 0 aromatic heterocycles. The molecule has 5 heteroatoms. The molecule has 4 nitrogen and oxygen atoms in total. The van der Waals surface area contributed by atoms with Crippen LogP contribution >= 0.6 is 0 Å². The lowest BCUT2D eigenvalue weighted by Gasteiger charge is -2.21. The van der Waals surface area contributed by atoms with Crippen LogP contribution in [0.1, 0.15) is 42.5 Å². The van der Waals surface area contributed by atoms with Gasteiger partial charge in [-0.2, -0.15) is 0 Å². The van der Waals surface area contributed by atoms with Crippen molar-refractivity contribution in [2.75, 3.05) is 5.73 Å². The maximum atomic E-state index is 13.0. The van der Waals surface area contributed by atoms with E-state index in [0.29, 0.717) is 12.0 Å². The Labute approximate surface area is 111 Å². The van der Waals surface area contributed by atoms with E-state index in [2.05, 4.69) is 5.32 Å². The predicted octanol–water partition coefficient (Wildman–Crippen LogP) is 1.83. The number of carbonyl (C=O) groups is 1. The predicted molar refractivity (Wildman–Crippen MR) is 71.2 cm³/mol. The number of aliphatic hydroxyl groups is 1. The van der Waals surface area contributed by atoms with Gasteiger partial charge in [0.1, 0.15) is 5.82 Å². The average molecular weight is 266 g/mol. The number of hydrogen-bond donors (Lipinski definition) is 3. The van der Waals surface area contributed by atoms with E-state index in [0.717, 1.165) is 25.7 Å². The number of aliphatic hydroxyl groups excluding tert-OH is 1. The molecular formula is C14H19FN2O2. The van der Waals surface area contributed by atoms with Crippen LogP contribution in [-0.4, -0.2) is 23.2 Å². The van der Waals surface area contributed by atoms with E-state index in [-0.39, 0.29) is 17.6 Å². The minimum Gasteiger partial charge on any atom is -0.396 e. The number of benzene rings is 1. The summed E-state index contributed by atoms with van der Waals surface area (Å²) in [5, 5.41) is 12.7. The zero-order chi connectivity index (χ0) is 13.8. The third-order valence-corrected chi connectivity index (χ3v) is 3.55.